The number of hydrogen-bond donors (Lipinski definition) is 2. The number of benzene rings is 1. The minimum Gasteiger partial charge on any atom is -0.406 e. The standard InChI is InChI=1S/C15H11F3N4O3S2/c16-15(17,18)25-8-1-2-9-10(7-8)27-14(20-9)22-12(24)4-3-11(23)21-13-19-5-6-26-13/h1-2,5-7H,3-4H2,(H,19,21,23)(H,20,22,24). The number of aromatic nitrogens is 2. The van der Waals surface area contributed by atoms with Gasteiger partial charge in [0.1, 0.15) is 5.75 Å². The Balaban J connectivity index is 1.55. The number of rotatable bonds is 6. The molecule has 1 aromatic carbocycles. The maximum atomic E-state index is 12.3. The van der Waals surface area contributed by atoms with Crippen molar-refractivity contribution in [3.8, 4) is 5.75 Å². The molecule has 0 fully saturated rings. The third kappa shape index (κ3) is 5.62. The van der Waals surface area contributed by atoms with Crippen LogP contribution in [0.4, 0.5) is 23.4 Å². The van der Waals surface area contributed by atoms with Gasteiger partial charge >= 0.3 is 6.36 Å². The molecule has 3 aromatic rings. The number of carbonyl (C=O) groups excluding carboxylic acids is 2. The summed E-state index contributed by atoms with van der Waals surface area (Å²) < 4.78 is 41.1. The fourth-order valence-corrected chi connectivity index (χ4v) is 3.49. The summed E-state index contributed by atoms with van der Waals surface area (Å²) in [5.74, 6) is -1.15. The lowest BCUT2D eigenvalue weighted by atomic mass is 10.3. The molecule has 0 saturated heterocycles. The quantitative estimate of drug-likeness (QED) is 0.633. The highest BCUT2D eigenvalue weighted by atomic mass is 32.1. The average Bonchev–Trinajstić information content (AvgIpc) is 3.20. The van der Waals surface area contributed by atoms with Gasteiger partial charge in [0.15, 0.2) is 10.3 Å². The van der Waals surface area contributed by atoms with Gasteiger partial charge in [0, 0.05) is 30.5 Å². The van der Waals surface area contributed by atoms with Crippen LogP contribution in [-0.4, -0.2) is 28.1 Å². The molecule has 0 aliphatic rings. The molecular formula is C15H11F3N4O3S2. The van der Waals surface area contributed by atoms with Crippen LogP contribution >= 0.6 is 22.7 Å². The van der Waals surface area contributed by atoms with Gasteiger partial charge in [0.25, 0.3) is 0 Å². The zero-order chi connectivity index (χ0) is 19.4. The first kappa shape index (κ1) is 19.0. The first-order valence-corrected chi connectivity index (χ1v) is 9.14. The molecule has 0 aliphatic carbocycles. The van der Waals surface area contributed by atoms with Crippen molar-refractivity contribution in [1.82, 2.24) is 9.97 Å². The Morgan fingerprint density at radius 2 is 1.81 bits per heavy atom. The number of nitrogens with zero attached hydrogens (tertiary/aromatic N) is 2. The van der Waals surface area contributed by atoms with Crippen LogP contribution in [0.3, 0.4) is 0 Å². The Kier molecular flexibility index (Phi) is 5.56. The summed E-state index contributed by atoms with van der Waals surface area (Å²) in [6, 6.07) is 3.70. The SMILES string of the molecule is O=C(CCC(=O)Nc1nc2ccc(OC(F)(F)F)cc2s1)Nc1nccs1. The number of fused-ring (bicyclic) bond motifs is 1. The highest BCUT2D eigenvalue weighted by molar-refractivity contribution is 7.22. The van der Waals surface area contributed by atoms with E-state index >= 15 is 0 Å². The van der Waals surface area contributed by atoms with Crippen molar-refractivity contribution in [1.29, 1.82) is 0 Å². The first-order chi connectivity index (χ1) is 12.8. The van der Waals surface area contributed by atoms with Crippen LogP contribution in [0.5, 0.6) is 5.75 Å². The molecule has 27 heavy (non-hydrogen) atoms. The van der Waals surface area contributed by atoms with Gasteiger partial charge in [-0.1, -0.05) is 11.3 Å². The van der Waals surface area contributed by atoms with E-state index in [2.05, 4.69) is 25.3 Å². The lowest BCUT2D eigenvalue weighted by Gasteiger charge is -2.07. The molecule has 2 amide bonds. The Morgan fingerprint density at radius 3 is 2.44 bits per heavy atom. The van der Waals surface area contributed by atoms with E-state index in [1.54, 1.807) is 11.6 Å². The van der Waals surface area contributed by atoms with E-state index in [0.717, 1.165) is 17.4 Å². The number of nitrogens with one attached hydrogen (secondary N) is 2. The second-order valence-corrected chi connectivity index (χ2v) is 7.06. The summed E-state index contributed by atoms with van der Waals surface area (Å²) in [6.07, 6.45) is -3.35. The van der Waals surface area contributed by atoms with Gasteiger partial charge in [-0.2, -0.15) is 0 Å². The molecule has 0 saturated carbocycles. The van der Waals surface area contributed by atoms with E-state index in [1.165, 1.54) is 23.5 Å². The fourth-order valence-electron chi connectivity index (χ4n) is 2.03. The monoisotopic (exact) mass is 416 g/mol. The van der Waals surface area contributed by atoms with Crippen molar-refractivity contribution >= 4 is 55.0 Å². The number of halogens is 3. The fraction of sp³-hybridized carbons (Fsp3) is 0.200. The van der Waals surface area contributed by atoms with E-state index in [-0.39, 0.29) is 29.6 Å². The number of thiazole rings is 2. The second-order valence-electron chi connectivity index (χ2n) is 5.13. The van der Waals surface area contributed by atoms with Crippen LogP contribution in [-0.2, 0) is 9.59 Å². The van der Waals surface area contributed by atoms with Gasteiger partial charge in [-0.15, -0.1) is 24.5 Å². The molecule has 0 aliphatic heterocycles. The lowest BCUT2D eigenvalue weighted by Crippen LogP contribution is -2.17. The summed E-state index contributed by atoms with van der Waals surface area (Å²) >= 11 is 2.27. The topological polar surface area (TPSA) is 93.2 Å². The number of amides is 2. The largest absolute Gasteiger partial charge is 0.573 e. The van der Waals surface area contributed by atoms with E-state index < -0.39 is 12.3 Å². The molecule has 2 heterocycles. The van der Waals surface area contributed by atoms with Crippen molar-refractivity contribution in [3.63, 3.8) is 0 Å². The van der Waals surface area contributed by atoms with Gasteiger partial charge in [-0.25, -0.2) is 9.97 Å². The van der Waals surface area contributed by atoms with Gasteiger partial charge in [-0.05, 0) is 12.1 Å². The number of carbonyl (C=O) groups is 2. The maximum absolute atomic E-state index is 12.3. The Morgan fingerprint density at radius 1 is 1.11 bits per heavy atom. The maximum Gasteiger partial charge on any atom is 0.573 e. The molecule has 0 spiro atoms. The van der Waals surface area contributed by atoms with Crippen LogP contribution in [0.25, 0.3) is 10.2 Å². The third-order valence-electron chi connectivity index (χ3n) is 3.10. The van der Waals surface area contributed by atoms with Crippen LogP contribution < -0.4 is 15.4 Å². The summed E-state index contributed by atoms with van der Waals surface area (Å²) in [5.41, 5.74) is 0.423. The van der Waals surface area contributed by atoms with E-state index in [9.17, 15) is 22.8 Å². The molecular weight excluding hydrogens is 405 g/mol. The number of hydrogen-bond acceptors (Lipinski definition) is 7. The molecule has 0 atom stereocenters. The zero-order valence-electron chi connectivity index (χ0n) is 13.4. The minimum absolute atomic E-state index is 0.0418. The molecule has 3 rings (SSSR count). The van der Waals surface area contributed by atoms with Gasteiger partial charge in [-0.3, -0.25) is 9.59 Å². The molecule has 2 N–H and O–H groups in total. The zero-order valence-corrected chi connectivity index (χ0v) is 15.0. The number of ether oxygens (including phenoxy) is 1. The molecule has 12 heteroatoms. The third-order valence-corrected chi connectivity index (χ3v) is 4.72. The Hall–Kier alpha value is -2.73. The minimum atomic E-state index is -4.78. The van der Waals surface area contributed by atoms with Gasteiger partial charge in [0.2, 0.25) is 11.8 Å². The molecule has 0 radical (unpaired) electrons. The van der Waals surface area contributed by atoms with E-state index in [0.29, 0.717) is 15.3 Å². The highest BCUT2D eigenvalue weighted by Gasteiger charge is 2.31. The Labute approximate surface area is 158 Å². The van der Waals surface area contributed by atoms with Gasteiger partial charge < -0.3 is 15.4 Å². The van der Waals surface area contributed by atoms with Gasteiger partial charge in [0.05, 0.1) is 10.2 Å². The van der Waals surface area contributed by atoms with Crippen molar-refractivity contribution in [2.24, 2.45) is 0 Å². The Bertz CT molecular complexity index is 957. The summed E-state index contributed by atoms with van der Waals surface area (Å²) in [5, 5.41) is 7.46. The molecule has 7 nitrogen and oxygen atoms in total. The molecule has 2 aromatic heterocycles. The van der Waals surface area contributed by atoms with Crippen LogP contribution in [0.2, 0.25) is 0 Å². The van der Waals surface area contributed by atoms with Crippen LogP contribution in [0.15, 0.2) is 29.8 Å². The van der Waals surface area contributed by atoms with Crippen molar-refractivity contribution in [2.75, 3.05) is 10.6 Å². The molecule has 0 unspecified atom stereocenters. The van der Waals surface area contributed by atoms with Crippen molar-refractivity contribution in [2.45, 2.75) is 19.2 Å². The number of alkyl halides is 3. The smallest absolute Gasteiger partial charge is 0.406 e. The van der Waals surface area contributed by atoms with E-state index in [4.69, 9.17) is 0 Å². The van der Waals surface area contributed by atoms with Crippen molar-refractivity contribution in [3.05, 3.63) is 29.8 Å². The average molecular weight is 416 g/mol. The van der Waals surface area contributed by atoms with E-state index in [1.807, 2.05) is 0 Å². The summed E-state index contributed by atoms with van der Waals surface area (Å²) in [7, 11) is 0. The van der Waals surface area contributed by atoms with Crippen LogP contribution in [0, 0.1) is 0 Å². The normalized spacial score (nSPS) is 11.4. The van der Waals surface area contributed by atoms with Crippen LogP contribution in [0.1, 0.15) is 12.8 Å². The molecule has 0 bridgehead atoms. The molecule has 142 valence electrons. The highest BCUT2D eigenvalue weighted by Crippen LogP contribution is 2.31. The predicted molar refractivity (Wildman–Crippen MR) is 94.9 cm³/mol. The van der Waals surface area contributed by atoms with Crippen molar-refractivity contribution < 1.29 is 27.5 Å². The first-order valence-electron chi connectivity index (χ1n) is 7.44. The lowest BCUT2D eigenvalue weighted by molar-refractivity contribution is -0.274. The summed E-state index contributed by atoms with van der Waals surface area (Å²) in [4.78, 5) is 31.7. The summed E-state index contributed by atoms with van der Waals surface area (Å²) in [6.45, 7) is 0. The predicted octanol–water partition coefficient (Wildman–Crippen LogP) is 4.01. The number of anilines is 2. The second kappa shape index (κ2) is 7.88.